The van der Waals surface area contributed by atoms with Gasteiger partial charge in [0.25, 0.3) is 0 Å². The van der Waals surface area contributed by atoms with Gasteiger partial charge >= 0.3 is 6.09 Å². The second kappa shape index (κ2) is 14.5. The maximum atomic E-state index is 13.8. The van der Waals surface area contributed by atoms with Gasteiger partial charge in [-0.3, -0.25) is 0 Å². The van der Waals surface area contributed by atoms with Crippen molar-refractivity contribution in [3.8, 4) is 5.75 Å². The molecule has 1 aliphatic carbocycles. The van der Waals surface area contributed by atoms with Crippen molar-refractivity contribution in [2.24, 2.45) is 11.8 Å². The first-order valence-electron chi connectivity index (χ1n) is 14.7. The molecule has 0 radical (unpaired) electrons. The van der Waals surface area contributed by atoms with Gasteiger partial charge in [-0.15, -0.1) is 0 Å². The zero-order chi connectivity index (χ0) is 29.4. The number of fused-ring (bicyclic) bond motifs is 1. The van der Waals surface area contributed by atoms with E-state index in [1.165, 1.54) is 23.5 Å². The summed E-state index contributed by atoms with van der Waals surface area (Å²) in [5.74, 6) is 0.868. The number of nitrogens with zero attached hydrogens (tertiary/aromatic N) is 1. The average Bonchev–Trinajstić information content (AvgIpc) is 3.60. The third kappa shape index (κ3) is 8.00. The Bertz CT molecular complexity index is 1200. The zero-order valence-corrected chi connectivity index (χ0v) is 25.1. The van der Waals surface area contributed by atoms with Gasteiger partial charge in [0.05, 0.1) is 30.3 Å². The van der Waals surface area contributed by atoms with Crippen molar-refractivity contribution in [3.05, 3.63) is 60.2 Å². The van der Waals surface area contributed by atoms with Gasteiger partial charge in [-0.05, 0) is 61.4 Å². The molecule has 2 aliphatic rings. The molecule has 2 aromatic rings. The predicted molar refractivity (Wildman–Crippen MR) is 156 cm³/mol. The second-order valence-corrected chi connectivity index (χ2v) is 13.0. The molecule has 1 saturated heterocycles. The van der Waals surface area contributed by atoms with Crippen molar-refractivity contribution in [3.63, 3.8) is 0 Å². The molecule has 4 rings (SSSR count). The van der Waals surface area contributed by atoms with Crippen molar-refractivity contribution >= 4 is 16.1 Å². The molecular weight excluding hydrogens is 544 g/mol. The summed E-state index contributed by atoms with van der Waals surface area (Å²) in [7, 11) is -2.42. The molecule has 1 saturated carbocycles. The lowest BCUT2D eigenvalue weighted by molar-refractivity contribution is 0.0495. The van der Waals surface area contributed by atoms with E-state index >= 15 is 0 Å². The fourth-order valence-electron chi connectivity index (χ4n) is 5.89. The maximum absolute atomic E-state index is 13.8. The van der Waals surface area contributed by atoms with Gasteiger partial charge in [0.2, 0.25) is 10.0 Å². The number of aliphatic hydroxyl groups is 1. The minimum absolute atomic E-state index is 0.115. The number of ether oxygens (including phenoxy) is 3. The van der Waals surface area contributed by atoms with Crippen LogP contribution in [-0.2, 0) is 25.9 Å². The minimum Gasteiger partial charge on any atom is -0.497 e. The Labute approximate surface area is 244 Å². The number of aliphatic hydroxyl groups excluding tert-OH is 1. The fourth-order valence-corrected chi connectivity index (χ4v) is 7.42. The van der Waals surface area contributed by atoms with Gasteiger partial charge in [0.1, 0.15) is 11.9 Å². The first-order chi connectivity index (χ1) is 19.7. The van der Waals surface area contributed by atoms with E-state index in [0.29, 0.717) is 18.8 Å². The number of rotatable bonds is 14. The van der Waals surface area contributed by atoms with E-state index in [0.717, 1.165) is 37.7 Å². The van der Waals surface area contributed by atoms with E-state index in [-0.39, 0.29) is 42.0 Å². The number of amides is 1. The first-order valence-corrected chi connectivity index (χ1v) is 16.1. The van der Waals surface area contributed by atoms with Crippen LogP contribution in [0.4, 0.5) is 4.79 Å². The lowest BCUT2D eigenvalue weighted by Gasteiger charge is -2.32. The van der Waals surface area contributed by atoms with Crippen LogP contribution < -0.4 is 10.1 Å². The smallest absolute Gasteiger partial charge is 0.407 e. The molecular formula is C31H44N2O7S. The van der Waals surface area contributed by atoms with Crippen LogP contribution in [0.2, 0.25) is 0 Å². The van der Waals surface area contributed by atoms with Crippen molar-refractivity contribution in [2.75, 3.05) is 26.8 Å². The van der Waals surface area contributed by atoms with E-state index in [4.69, 9.17) is 14.2 Å². The number of sulfonamides is 1. The monoisotopic (exact) mass is 588 g/mol. The quantitative estimate of drug-likeness (QED) is 0.337. The van der Waals surface area contributed by atoms with Crippen LogP contribution >= 0.6 is 0 Å². The maximum Gasteiger partial charge on any atom is 0.407 e. The molecule has 0 spiro atoms. The third-order valence-electron chi connectivity index (χ3n) is 8.50. The highest BCUT2D eigenvalue weighted by Crippen LogP contribution is 2.37. The van der Waals surface area contributed by atoms with E-state index < -0.39 is 28.3 Å². The first kappa shape index (κ1) is 31.3. The highest BCUT2D eigenvalue weighted by Gasteiger charge is 2.43. The topological polar surface area (TPSA) is 114 Å². The molecule has 226 valence electrons. The number of carbonyl (C=O) groups excluding carboxylic acids is 1. The van der Waals surface area contributed by atoms with Crippen LogP contribution in [0.15, 0.2) is 59.5 Å². The molecule has 0 aromatic heterocycles. The Morgan fingerprint density at radius 1 is 1.05 bits per heavy atom. The Kier molecular flexibility index (Phi) is 11.1. The summed E-state index contributed by atoms with van der Waals surface area (Å²) in [6.45, 7) is 4.82. The van der Waals surface area contributed by atoms with Crippen LogP contribution in [-0.4, -0.2) is 75.1 Å². The van der Waals surface area contributed by atoms with Crippen LogP contribution in [0.25, 0.3) is 0 Å². The number of carbonyl (C=O) groups is 1. The summed E-state index contributed by atoms with van der Waals surface area (Å²) in [4.78, 5) is 13.2. The van der Waals surface area contributed by atoms with Gasteiger partial charge < -0.3 is 24.6 Å². The number of methoxy groups -OCH3 is 1. The van der Waals surface area contributed by atoms with Crippen molar-refractivity contribution in [1.82, 2.24) is 9.62 Å². The second-order valence-electron chi connectivity index (χ2n) is 11.1. The van der Waals surface area contributed by atoms with E-state index in [2.05, 4.69) is 5.32 Å². The minimum atomic E-state index is -3.94. The van der Waals surface area contributed by atoms with Crippen LogP contribution in [0.3, 0.4) is 0 Å². The van der Waals surface area contributed by atoms with Gasteiger partial charge in [0, 0.05) is 25.6 Å². The molecule has 2 fully saturated rings. The molecule has 2 aromatic carbocycles. The SMILES string of the molecule is CCC(CC)CN(C[C@@H](O)[C@H](Cc1ccccc1)NC(=O)O[C@H]1CC[C@H]2OCC[C@@H]12)S(=O)(=O)c1ccc(OC)cc1. The summed E-state index contributed by atoms with van der Waals surface area (Å²) >= 11 is 0. The number of hydrogen-bond acceptors (Lipinski definition) is 7. The van der Waals surface area contributed by atoms with Crippen LogP contribution in [0.5, 0.6) is 5.75 Å². The molecule has 0 bridgehead atoms. The Morgan fingerprint density at radius 2 is 1.76 bits per heavy atom. The molecule has 1 aliphatic heterocycles. The average molecular weight is 589 g/mol. The largest absolute Gasteiger partial charge is 0.497 e. The number of nitrogens with one attached hydrogen (secondary N) is 1. The van der Waals surface area contributed by atoms with Crippen LogP contribution in [0, 0.1) is 11.8 Å². The van der Waals surface area contributed by atoms with Gasteiger partial charge in [-0.1, -0.05) is 57.0 Å². The Balaban J connectivity index is 1.54. The highest BCUT2D eigenvalue weighted by atomic mass is 32.2. The molecule has 0 unspecified atom stereocenters. The molecule has 5 atom stereocenters. The summed E-state index contributed by atoms with van der Waals surface area (Å²) in [6, 6.07) is 15.0. The van der Waals surface area contributed by atoms with Crippen molar-refractivity contribution in [1.29, 1.82) is 0 Å². The molecule has 1 amide bonds. The highest BCUT2D eigenvalue weighted by molar-refractivity contribution is 7.89. The van der Waals surface area contributed by atoms with Gasteiger partial charge in [-0.25, -0.2) is 13.2 Å². The molecule has 1 heterocycles. The summed E-state index contributed by atoms with van der Waals surface area (Å²) in [5, 5.41) is 14.4. The van der Waals surface area contributed by atoms with E-state index in [9.17, 15) is 18.3 Å². The third-order valence-corrected chi connectivity index (χ3v) is 10.3. The zero-order valence-electron chi connectivity index (χ0n) is 24.3. The number of alkyl carbamates (subject to hydrolysis) is 1. The fraction of sp³-hybridized carbons (Fsp3) is 0.581. The van der Waals surface area contributed by atoms with E-state index in [1.54, 1.807) is 12.1 Å². The Hall–Kier alpha value is -2.66. The summed E-state index contributed by atoms with van der Waals surface area (Å²) < 4.78 is 45.8. The predicted octanol–water partition coefficient (Wildman–Crippen LogP) is 4.39. The summed E-state index contributed by atoms with van der Waals surface area (Å²) in [5.41, 5.74) is 0.909. The van der Waals surface area contributed by atoms with Gasteiger partial charge in [0.15, 0.2) is 0 Å². The standard InChI is InChI=1S/C31H44N2O7S/c1-4-22(5-2)20-33(41(36,37)25-13-11-24(38-3)12-14-25)21-28(34)27(19-23-9-7-6-8-10-23)32-31(35)40-30-16-15-29-26(30)17-18-39-29/h6-14,22,26-30,34H,4-5,15-21H2,1-3H3,(H,32,35)/t26-,27+,28-,29-,30+/m1/s1. The number of benzene rings is 2. The Morgan fingerprint density at radius 3 is 2.41 bits per heavy atom. The molecule has 2 N–H and O–H groups in total. The molecule has 9 nitrogen and oxygen atoms in total. The lowest BCUT2D eigenvalue weighted by atomic mass is 10.0. The van der Waals surface area contributed by atoms with Gasteiger partial charge in [-0.2, -0.15) is 4.31 Å². The van der Waals surface area contributed by atoms with Crippen LogP contribution in [0.1, 0.15) is 51.5 Å². The van der Waals surface area contributed by atoms with E-state index in [1.807, 2.05) is 44.2 Å². The normalized spacial score (nSPS) is 22.0. The molecule has 10 heteroatoms. The van der Waals surface area contributed by atoms with Crippen molar-refractivity contribution in [2.45, 2.75) is 81.6 Å². The van der Waals surface area contributed by atoms with Crippen molar-refractivity contribution < 1.29 is 32.5 Å². The lowest BCUT2D eigenvalue weighted by Crippen LogP contribution is -2.51. The summed E-state index contributed by atoms with van der Waals surface area (Å²) in [6.07, 6.45) is 2.53. The molecule has 41 heavy (non-hydrogen) atoms. The number of hydrogen-bond donors (Lipinski definition) is 2.